The summed E-state index contributed by atoms with van der Waals surface area (Å²) in [5.41, 5.74) is 2.36. The highest BCUT2D eigenvalue weighted by atomic mass is 35.5. The van der Waals surface area contributed by atoms with Gasteiger partial charge in [-0.1, -0.05) is 35.3 Å². The molecule has 0 aromatic heterocycles. The number of anilines is 2. The first-order valence-electron chi connectivity index (χ1n) is 6.27. The number of aliphatic hydroxyl groups is 1. The van der Waals surface area contributed by atoms with Crippen molar-refractivity contribution in [2.24, 2.45) is 0 Å². The van der Waals surface area contributed by atoms with Crippen LogP contribution in [0.3, 0.4) is 0 Å². The standard InChI is InChI=1S/C15H14Cl2N2O2/c16-11-5-4-10(14(17)6-11)8-18-12-2-1-3-13(7-12)19-15(21)9-20/h1-7,18,20H,8-9H2,(H,19,21). The summed E-state index contributed by atoms with van der Waals surface area (Å²) in [5, 5.41) is 15.7. The number of amides is 1. The Morgan fingerprint density at radius 2 is 1.86 bits per heavy atom. The third-order valence-electron chi connectivity index (χ3n) is 2.79. The molecule has 0 saturated carbocycles. The van der Waals surface area contributed by atoms with Crippen LogP contribution in [-0.4, -0.2) is 17.6 Å². The van der Waals surface area contributed by atoms with Gasteiger partial charge in [0.2, 0.25) is 5.91 Å². The van der Waals surface area contributed by atoms with E-state index in [-0.39, 0.29) is 0 Å². The third kappa shape index (κ3) is 4.63. The van der Waals surface area contributed by atoms with Gasteiger partial charge in [0.25, 0.3) is 0 Å². The minimum Gasteiger partial charge on any atom is -0.387 e. The van der Waals surface area contributed by atoms with Gasteiger partial charge < -0.3 is 15.7 Å². The highest BCUT2D eigenvalue weighted by molar-refractivity contribution is 6.35. The second kappa shape index (κ2) is 7.31. The molecule has 0 aliphatic carbocycles. The summed E-state index contributed by atoms with van der Waals surface area (Å²) in [6, 6.07) is 12.5. The van der Waals surface area contributed by atoms with E-state index in [0.717, 1.165) is 11.3 Å². The molecule has 0 bridgehead atoms. The van der Waals surface area contributed by atoms with Gasteiger partial charge in [-0.05, 0) is 35.9 Å². The van der Waals surface area contributed by atoms with Crippen LogP contribution in [0, 0.1) is 0 Å². The van der Waals surface area contributed by atoms with E-state index in [1.165, 1.54) is 0 Å². The molecule has 6 heteroatoms. The average Bonchev–Trinajstić information content (AvgIpc) is 2.46. The summed E-state index contributed by atoms with van der Waals surface area (Å²) in [6.45, 7) is -0.00849. The number of hydrogen-bond donors (Lipinski definition) is 3. The number of halogens is 2. The maximum absolute atomic E-state index is 11.1. The van der Waals surface area contributed by atoms with Crippen LogP contribution in [0.15, 0.2) is 42.5 Å². The van der Waals surface area contributed by atoms with Crippen LogP contribution in [0.4, 0.5) is 11.4 Å². The third-order valence-corrected chi connectivity index (χ3v) is 3.37. The van der Waals surface area contributed by atoms with Crippen molar-refractivity contribution in [2.75, 3.05) is 17.2 Å². The van der Waals surface area contributed by atoms with Crippen molar-refractivity contribution in [1.82, 2.24) is 0 Å². The Balaban J connectivity index is 2.03. The summed E-state index contributed by atoms with van der Waals surface area (Å²) in [4.78, 5) is 11.1. The lowest BCUT2D eigenvalue weighted by Gasteiger charge is -2.10. The minimum absolute atomic E-state index is 0.451. The van der Waals surface area contributed by atoms with E-state index in [9.17, 15) is 4.79 Å². The zero-order chi connectivity index (χ0) is 15.2. The maximum atomic E-state index is 11.1. The van der Waals surface area contributed by atoms with E-state index >= 15 is 0 Å². The van der Waals surface area contributed by atoms with Crippen molar-refractivity contribution < 1.29 is 9.90 Å². The summed E-state index contributed by atoms with van der Waals surface area (Å²) in [7, 11) is 0. The molecule has 3 N–H and O–H groups in total. The molecule has 0 saturated heterocycles. The number of hydrogen-bond acceptors (Lipinski definition) is 3. The number of benzene rings is 2. The fraction of sp³-hybridized carbons (Fsp3) is 0.133. The van der Waals surface area contributed by atoms with Gasteiger partial charge in [-0.15, -0.1) is 0 Å². The van der Waals surface area contributed by atoms with E-state index in [1.807, 2.05) is 12.1 Å². The van der Waals surface area contributed by atoms with Gasteiger partial charge in [-0.2, -0.15) is 0 Å². The Bertz CT molecular complexity index is 647. The molecule has 2 aromatic rings. The van der Waals surface area contributed by atoms with Crippen LogP contribution < -0.4 is 10.6 Å². The van der Waals surface area contributed by atoms with Crippen molar-refractivity contribution in [3.8, 4) is 0 Å². The molecular formula is C15H14Cl2N2O2. The molecule has 0 fully saturated rings. The molecule has 2 aromatic carbocycles. The first-order valence-corrected chi connectivity index (χ1v) is 7.02. The molecule has 21 heavy (non-hydrogen) atoms. The quantitative estimate of drug-likeness (QED) is 0.788. The van der Waals surface area contributed by atoms with E-state index in [2.05, 4.69) is 10.6 Å². The van der Waals surface area contributed by atoms with Crippen molar-refractivity contribution in [1.29, 1.82) is 0 Å². The zero-order valence-electron chi connectivity index (χ0n) is 11.1. The lowest BCUT2D eigenvalue weighted by molar-refractivity contribution is -0.118. The summed E-state index contributed by atoms with van der Waals surface area (Å²) >= 11 is 12.0. The van der Waals surface area contributed by atoms with E-state index < -0.39 is 12.5 Å². The Morgan fingerprint density at radius 3 is 2.57 bits per heavy atom. The molecule has 0 unspecified atom stereocenters. The molecule has 0 aliphatic heterocycles. The second-order valence-electron chi connectivity index (χ2n) is 4.38. The van der Waals surface area contributed by atoms with Crippen molar-refractivity contribution in [3.05, 3.63) is 58.1 Å². The van der Waals surface area contributed by atoms with E-state index in [1.54, 1.807) is 30.3 Å². The molecule has 4 nitrogen and oxygen atoms in total. The number of nitrogens with one attached hydrogen (secondary N) is 2. The number of aliphatic hydroxyl groups excluding tert-OH is 1. The first-order chi connectivity index (χ1) is 10.1. The molecule has 1 amide bonds. The lowest BCUT2D eigenvalue weighted by Crippen LogP contribution is -2.15. The number of carbonyl (C=O) groups excluding carboxylic acids is 1. The van der Waals surface area contributed by atoms with Crippen LogP contribution in [0.1, 0.15) is 5.56 Å². The molecule has 0 radical (unpaired) electrons. The van der Waals surface area contributed by atoms with Crippen molar-refractivity contribution >= 4 is 40.5 Å². The normalized spacial score (nSPS) is 10.2. The minimum atomic E-state index is -0.544. The summed E-state index contributed by atoms with van der Waals surface area (Å²) < 4.78 is 0. The lowest BCUT2D eigenvalue weighted by atomic mass is 10.2. The molecule has 0 atom stereocenters. The van der Waals surface area contributed by atoms with Gasteiger partial charge in [0.1, 0.15) is 6.61 Å². The van der Waals surface area contributed by atoms with Crippen molar-refractivity contribution in [3.63, 3.8) is 0 Å². The Kier molecular flexibility index (Phi) is 5.44. The van der Waals surface area contributed by atoms with Gasteiger partial charge in [0.15, 0.2) is 0 Å². The fourth-order valence-electron chi connectivity index (χ4n) is 1.77. The number of carbonyl (C=O) groups is 1. The molecule has 0 aliphatic rings. The molecular weight excluding hydrogens is 311 g/mol. The van der Waals surface area contributed by atoms with Gasteiger partial charge >= 0.3 is 0 Å². The SMILES string of the molecule is O=C(CO)Nc1cccc(NCc2ccc(Cl)cc2Cl)c1. The highest BCUT2D eigenvalue weighted by Gasteiger charge is 2.03. The maximum Gasteiger partial charge on any atom is 0.250 e. The van der Waals surface area contributed by atoms with Crippen LogP contribution in [0.25, 0.3) is 0 Å². The Morgan fingerprint density at radius 1 is 1.10 bits per heavy atom. The van der Waals surface area contributed by atoms with Gasteiger partial charge in [-0.25, -0.2) is 0 Å². The number of rotatable bonds is 5. The Labute approximate surface area is 132 Å². The van der Waals surface area contributed by atoms with Crippen LogP contribution >= 0.6 is 23.2 Å². The molecule has 2 rings (SSSR count). The molecule has 0 heterocycles. The smallest absolute Gasteiger partial charge is 0.250 e. The first kappa shape index (κ1) is 15.6. The summed E-state index contributed by atoms with van der Waals surface area (Å²) in [5.74, 6) is -0.451. The molecule has 110 valence electrons. The summed E-state index contributed by atoms with van der Waals surface area (Å²) in [6.07, 6.45) is 0. The highest BCUT2D eigenvalue weighted by Crippen LogP contribution is 2.22. The predicted molar refractivity (Wildman–Crippen MR) is 85.9 cm³/mol. The monoisotopic (exact) mass is 324 g/mol. The largest absolute Gasteiger partial charge is 0.387 e. The average molecular weight is 325 g/mol. The van der Waals surface area contributed by atoms with Crippen molar-refractivity contribution in [2.45, 2.75) is 6.54 Å². The van der Waals surface area contributed by atoms with Gasteiger partial charge in [0, 0.05) is 28.0 Å². The Hall–Kier alpha value is -1.75. The zero-order valence-corrected chi connectivity index (χ0v) is 12.6. The predicted octanol–water partition coefficient (Wildman–Crippen LogP) is 3.54. The van der Waals surface area contributed by atoms with Gasteiger partial charge in [0.05, 0.1) is 0 Å². The van der Waals surface area contributed by atoms with E-state index in [0.29, 0.717) is 22.3 Å². The topological polar surface area (TPSA) is 61.4 Å². The van der Waals surface area contributed by atoms with Crippen LogP contribution in [-0.2, 0) is 11.3 Å². The van der Waals surface area contributed by atoms with E-state index in [4.69, 9.17) is 28.3 Å². The molecule has 0 spiro atoms. The van der Waals surface area contributed by atoms with Gasteiger partial charge in [-0.3, -0.25) is 4.79 Å². The second-order valence-corrected chi connectivity index (χ2v) is 5.22. The van der Waals surface area contributed by atoms with Crippen LogP contribution in [0.5, 0.6) is 0 Å². The fourth-order valence-corrected chi connectivity index (χ4v) is 2.25. The van der Waals surface area contributed by atoms with Crippen LogP contribution in [0.2, 0.25) is 10.0 Å².